The number of carboxylic acids is 1. The minimum Gasteiger partial charge on any atom is -0.480 e. The molecule has 1 saturated heterocycles. The van der Waals surface area contributed by atoms with Gasteiger partial charge in [0.2, 0.25) is 11.8 Å². The van der Waals surface area contributed by atoms with Crippen LogP contribution in [0.15, 0.2) is 6.20 Å². The van der Waals surface area contributed by atoms with Crippen molar-refractivity contribution in [2.24, 2.45) is 0 Å². The molecule has 1 aliphatic rings. The average Bonchev–Trinajstić information content (AvgIpc) is 2.94. The predicted octanol–water partition coefficient (Wildman–Crippen LogP) is -1.74. The van der Waals surface area contributed by atoms with Gasteiger partial charge in [-0.05, 0) is 6.42 Å². The summed E-state index contributed by atoms with van der Waals surface area (Å²) in [7, 11) is 0. The molecule has 1 aromatic rings. The molecule has 1 atom stereocenters. The average molecular weight is 267 g/mol. The Kier molecular flexibility index (Phi) is 3.74. The van der Waals surface area contributed by atoms with Crippen molar-refractivity contribution in [3.05, 3.63) is 11.9 Å². The zero-order chi connectivity index (χ0) is 13.8. The van der Waals surface area contributed by atoms with Gasteiger partial charge in [-0.1, -0.05) is 5.21 Å². The second-order valence-electron chi connectivity index (χ2n) is 4.18. The van der Waals surface area contributed by atoms with E-state index in [1.807, 2.05) is 0 Å². The Bertz CT molecular complexity index is 512. The molecule has 102 valence electrons. The van der Waals surface area contributed by atoms with Gasteiger partial charge in [0.15, 0.2) is 0 Å². The molecular weight excluding hydrogens is 254 g/mol. The van der Waals surface area contributed by atoms with Crippen LogP contribution in [0.25, 0.3) is 0 Å². The maximum absolute atomic E-state index is 11.7. The van der Waals surface area contributed by atoms with Crippen LogP contribution in [0, 0.1) is 0 Å². The number of carbonyl (C=O) groups is 3. The lowest BCUT2D eigenvalue weighted by Gasteiger charge is -2.09. The summed E-state index contributed by atoms with van der Waals surface area (Å²) >= 11 is 0. The van der Waals surface area contributed by atoms with Gasteiger partial charge in [-0.15, -0.1) is 5.10 Å². The zero-order valence-electron chi connectivity index (χ0n) is 10.00. The highest BCUT2D eigenvalue weighted by atomic mass is 16.4. The van der Waals surface area contributed by atoms with Crippen molar-refractivity contribution in [2.45, 2.75) is 32.0 Å². The molecule has 2 heterocycles. The van der Waals surface area contributed by atoms with E-state index in [1.165, 1.54) is 10.9 Å². The fraction of sp³-hybridized carbons (Fsp3) is 0.500. The van der Waals surface area contributed by atoms with Gasteiger partial charge in [-0.3, -0.25) is 14.4 Å². The molecule has 19 heavy (non-hydrogen) atoms. The molecule has 9 nitrogen and oxygen atoms in total. The van der Waals surface area contributed by atoms with Crippen molar-refractivity contribution >= 4 is 17.8 Å². The van der Waals surface area contributed by atoms with Crippen molar-refractivity contribution in [3.8, 4) is 0 Å². The second kappa shape index (κ2) is 5.46. The molecule has 1 aromatic heterocycles. The van der Waals surface area contributed by atoms with Crippen LogP contribution >= 0.6 is 0 Å². The molecule has 0 bridgehead atoms. The van der Waals surface area contributed by atoms with Gasteiger partial charge in [-0.2, -0.15) is 0 Å². The number of rotatable bonds is 5. The molecule has 9 heteroatoms. The van der Waals surface area contributed by atoms with E-state index >= 15 is 0 Å². The standard InChI is InChI=1S/C10H13N5O4/c16-8-2-1-7(12-8)10(19)11-3-6-4-15(14-13-6)5-9(17)18/h4,7H,1-3,5H2,(H,11,19)(H,12,16)(H,17,18). The first kappa shape index (κ1) is 13.0. The molecule has 2 amide bonds. The number of aliphatic carboxylic acids is 1. The van der Waals surface area contributed by atoms with E-state index in [-0.39, 0.29) is 24.9 Å². The maximum atomic E-state index is 11.7. The first-order chi connectivity index (χ1) is 9.04. The Morgan fingerprint density at radius 2 is 2.37 bits per heavy atom. The Morgan fingerprint density at radius 3 is 3.00 bits per heavy atom. The SMILES string of the molecule is O=C(O)Cn1cc(CNC(=O)C2CCC(=O)N2)nn1. The van der Waals surface area contributed by atoms with Crippen LogP contribution in [0.4, 0.5) is 0 Å². The van der Waals surface area contributed by atoms with Gasteiger partial charge in [0.25, 0.3) is 0 Å². The van der Waals surface area contributed by atoms with E-state index in [2.05, 4.69) is 20.9 Å². The fourth-order valence-corrected chi connectivity index (χ4v) is 1.75. The summed E-state index contributed by atoms with van der Waals surface area (Å²) in [4.78, 5) is 33.1. The lowest BCUT2D eigenvalue weighted by atomic mass is 10.2. The number of amides is 2. The highest BCUT2D eigenvalue weighted by Gasteiger charge is 2.26. The zero-order valence-corrected chi connectivity index (χ0v) is 10.00. The number of aromatic nitrogens is 3. The Labute approximate surface area is 108 Å². The molecule has 0 saturated carbocycles. The second-order valence-corrected chi connectivity index (χ2v) is 4.18. The summed E-state index contributed by atoms with van der Waals surface area (Å²) in [5.41, 5.74) is 0.457. The highest BCUT2D eigenvalue weighted by Crippen LogP contribution is 2.06. The Hall–Kier alpha value is -2.45. The van der Waals surface area contributed by atoms with Crippen LogP contribution in [0.5, 0.6) is 0 Å². The normalized spacial score (nSPS) is 18.1. The van der Waals surface area contributed by atoms with Crippen LogP contribution in [-0.2, 0) is 27.5 Å². The van der Waals surface area contributed by atoms with E-state index in [4.69, 9.17) is 5.11 Å². The van der Waals surface area contributed by atoms with Gasteiger partial charge in [-0.25, -0.2) is 4.68 Å². The lowest BCUT2D eigenvalue weighted by Crippen LogP contribution is -2.41. The van der Waals surface area contributed by atoms with Crippen LogP contribution < -0.4 is 10.6 Å². The molecule has 2 rings (SSSR count). The number of hydrogen-bond acceptors (Lipinski definition) is 5. The van der Waals surface area contributed by atoms with Crippen LogP contribution in [-0.4, -0.2) is 43.9 Å². The molecule has 0 aliphatic carbocycles. The molecule has 1 fully saturated rings. The summed E-state index contributed by atoms with van der Waals surface area (Å²) < 4.78 is 1.17. The molecule has 3 N–H and O–H groups in total. The first-order valence-corrected chi connectivity index (χ1v) is 5.72. The lowest BCUT2D eigenvalue weighted by molar-refractivity contribution is -0.138. The predicted molar refractivity (Wildman–Crippen MR) is 60.7 cm³/mol. The number of carboxylic acid groups (broad SMARTS) is 1. The molecule has 0 radical (unpaired) electrons. The summed E-state index contributed by atoms with van der Waals surface area (Å²) in [6.45, 7) is -0.134. The van der Waals surface area contributed by atoms with E-state index in [0.717, 1.165) is 0 Å². The minimum absolute atomic E-state index is 0.132. The van der Waals surface area contributed by atoms with Crippen molar-refractivity contribution in [1.29, 1.82) is 0 Å². The third-order valence-corrected chi connectivity index (χ3v) is 2.64. The van der Waals surface area contributed by atoms with E-state index in [9.17, 15) is 14.4 Å². The van der Waals surface area contributed by atoms with E-state index < -0.39 is 12.0 Å². The third kappa shape index (κ3) is 3.50. The number of nitrogens with zero attached hydrogens (tertiary/aromatic N) is 3. The molecule has 0 aromatic carbocycles. The number of nitrogens with one attached hydrogen (secondary N) is 2. The smallest absolute Gasteiger partial charge is 0.325 e. The molecular formula is C10H13N5O4. The quantitative estimate of drug-likeness (QED) is 0.581. The van der Waals surface area contributed by atoms with Gasteiger partial charge < -0.3 is 15.7 Å². The van der Waals surface area contributed by atoms with Crippen LogP contribution in [0.3, 0.4) is 0 Å². The van der Waals surface area contributed by atoms with Crippen molar-refractivity contribution < 1.29 is 19.5 Å². The minimum atomic E-state index is -1.02. The van der Waals surface area contributed by atoms with Gasteiger partial charge in [0.1, 0.15) is 18.3 Å². The monoisotopic (exact) mass is 267 g/mol. The van der Waals surface area contributed by atoms with E-state index in [0.29, 0.717) is 18.5 Å². The van der Waals surface area contributed by atoms with Crippen LogP contribution in [0.2, 0.25) is 0 Å². The van der Waals surface area contributed by atoms with Gasteiger partial charge >= 0.3 is 5.97 Å². The van der Waals surface area contributed by atoms with Gasteiger partial charge in [0, 0.05) is 6.42 Å². The van der Waals surface area contributed by atoms with Gasteiger partial charge in [0.05, 0.1) is 12.7 Å². The maximum Gasteiger partial charge on any atom is 0.325 e. The molecule has 1 aliphatic heterocycles. The third-order valence-electron chi connectivity index (χ3n) is 2.64. The summed E-state index contributed by atoms with van der Waals surface area (Å²) in [5, 5.41) is 21.1. The Morgan fingerprint density at radius 1 is 1.58 bits per heavy atom. The summed E-state index contributed by atoms with van der Waals surface area (Å²) in [6.07, 6.45) is 2.28. The Balaban J connectivity index is 1.81. The fourth-order valence-electron chi connectivity index (χ4n) is 1.75. The summed E-state index contributed by atoms with van der Waals surface area (Å²) in [6, 6.07) is -0.499. The largest absolute Gasteiger partial charge is 0.480 e. The summed E-state index contributed by atoms with van der Waals surface area (Å²) in [5.74, 6) is -1.43. The highest BCUT2D eigenvalue weighted by molar-refractivity contribution is 5.90. The topological polar surface area (TPSA) is 126 Å². The number of hydrogen-bond donors (Lipinski definition) is 3. The van der Waals surface area contributed by atoms with Crippen molar-refractivity contribution in [1.82, 2.24) is 25.6 Å². The van der Waals surface area contributed by atoms with Crippen LogP contribution in [0.1, 0.15) is 18.5 Å². The number of carbonyl (C=O) groups excluding carboxylic acids is 2. The molecule has 0 spiro atoms. The molecule has 1 unspecified atom stereocenters. The van der Waals surface area contributed by atoms with Crippen molar-refractivity contribution in [2.75, 3.05) is 0 Å². The van der Waals surface area contributed by atoms with Crippen molar-refractivity contribution in [3.63, 3.8) is 0 Å². The first-order valence-electron chi connectivity index (χ1n) is 5.72. The van der Waals surface area contributed by atoms with E-state index in [1.54, 1.807) is 0 Å².